The normalized spacial score (nSPS) is 15.1. The van der Waals surface area contributed by atoms with Gasteiger partial charge in [-0.1, -0.05) is 6.58 Å². The van der Waals surface area contributed by atoms with Crippen molar-refractivity contribution in [1.82, 2.24) is 0 Å². The lowest BCUT2D eigenvalue weighted by atomic mass is 10.2. The summed E-state index contributed by atoms with van der Waals surface area (Å²) in [5, 5.41) is 0. The number of halogens is 5. The summed E-state index contributed by atoms with van der Waals surface area (Å²) in [6.07, 6.45) is -7.32. The highest BCUT2D eigenvalue weighted by Crippen LogP contribution is 2.38. The number of allylic oxidation sites excluding steroid dienone is 1. The van der Waals surface area contributed by atoms with E-state index in [0.717, 1.165) is 0 Å². The van der Waals surface area contributed by atoms with Crippen LogP contribution in [0.4, 0.5) is 22.0 Å². The molecular formula is C8H11F5OS. The van der Waals surface area contributed by atoms with Crippen molar-refractivity contribution >= 4 is 10.8 Å². The Kier molecular flexibility index (Phi) is 4.89. The largest absolute Gasteiger partial charge is 0.453 e. The maximum Gasteiger partial charge on any atom is 0.453 e. The first-order valence-corrected chi connectivity index (χ1v) is 5.38. The number of hydrogen-bond acceptors (Lipinski definition) is 1. The maximum absolute atomic E-state index is 12.3. The Labute approximate surface area is 86.8 Å². The molecular weight excluding hydrogens is 239 g/mol. The van der Waals surface area contributed by atoms with E-state index in [1.165, 1.54) is 6.92 Å². The first-order valence-electron chi connectivity index (χ1n) is 4.06. The summed E-state index contributed by atoms with van der Waals surface area (Å²) in [7, 11) is -1.53. The summed E-state index contributed by atoms with van der Waals surface area (Å²) in [6, 6.07) is 0. The average molecular weight is 250 g/mol. The molecule has 15 heavy (non-hydrogen) atoms. The van der Waals surface area contributed by atoms with Gasteiger partial charge in [-0.2, -0.15) is 22.0 Å². The van der Waals surface area contributed by atoms with E-state index in [4.69, 9.17) is 0 Å². The topological polar surface area (TPSA) is 17.1 Å². The van der Waals surface area contributed by atoms with Crippen LogP contribution in [0, 0.1) is 0 Å². The van der Waals surface area contributed by atoms with Gasteiger partial charge in [0.15, 0.2) is 0 Å². The van der Waals surface area contributed by atoms with E-state index in [0.29, 0.717) is 0 Å². The Morgan fingerprint density at radius 3 is 2.07 bits per heavy atom. The van der Waals surface area contributed by atoms with Crippen molar-refractivity contribution in [2.75, 3.05) is 5.75 Å². The standard InChI is InChI=1S/C8H11F5OS/c1-6(2)15(14)5-3-4-7(9,10)8(11,12)13/h1,3-5H2,2H3. The van der Waals surface area contributed by atoms with Crippen LogP contribution in [-0.2, 0) is 10.8 Å². The van der Waals surface area contributed by atoms with Crippen molar-refractivity contribution in [3.05, 3.63) is 11.5 Å². The fourth-order valence-corrected chi connectivity index (χ4v) is 1.50. The molecule has 0 N–H and O–H groups in total. The smallest absolute Gasteiger partial charge is 0.255 e. The van der Waals surface area contributed by atoms with E-state index in [2.05, 4.69) is 6.58 Å². The first kappa shape index (κ1) is 14.5. The fourth-order valence-electron chi connectivity index (χ4n) is 0.741. The molecule has 0 amide bonds. The molecule has 0 aliphatic carbocycles. The van der Waals surface area contributed by atoms with Crippen LogP contribution in [0.1, 0.15) is 19.8 Å². The van der Waals surface area contributed by atoms with Gasteiger partial charge in [0.1, 0.15) is 0 Å². The van der Waals surface area contributed by atoms with Crippen LogP contribution >= 0.6 is 0 Å². The van der Waals surface area contributed by atoms with Gasteiger partial charge < -0.3 is 0 Å². The molecule has 1 unspecified atom stereocenters. The zero-order chi connectivity index (χ0) is 12.3. The van der Waals surface area contributed by atoms with Crippen LogP contribution in [-0.4, -0.2) is 22.1 Å². The average Bonchev–Trinajstić information content (AvgIpc) is 2.01. The molecule has 1 nitrogen and oxygen atoms in total. The van der Waals surface area contributed by atoms with Crippen molar-refractivity contribution < 1.29 is 26.2 Å². The lowest BCUT2D eigenvalue weighted by Crippen LogP contribution is -2.36. The summed E-state index contributed by atoms with van der Waals surface area (Å²) >= 11 is 0. The predicted molar refractivity (Wildman–Crippen MR) is 48.1 cm³/mol. The molecule has 0 bridgehead atoms. The van der Waals surface area contributed by atoms with Crippen LogP contribution in [0.25, 0.3) is 0 Å². The summed E-state index contributed by atoms with van der Waals surface area (Å²) < 4.78 is 70.7. The van der Waals surface area contributed by atoms with Crippen molar-refractivity contribution in [3.8, 4) is 0 Å². The second-order valence-corrected chi connectivity index (χ2v) is 4.85. The molecule has 90 valence electrons. The molecule has 0 aromatic carbocycles. The van der Waals surface area contributed by atoms with Gasteiger partial charge in [-0.3, -0.25) is 4.21 Å². The molecule has 0 rings (SSSR count). The van der Waals surface area contributed by atoms with Gasteiger partial charge in [0.2, 0.25) is 0 Å². The molecule has 0 saturated carbocycles. The van der Waals surface area contributed by atoms with Crippen molar-refractivity contribution in [2.45, 2.75) is 31.9 Å². The number of hydrogen-bond donors (Lipinski definition) is 0. The lowest BCUT2D eigenvalue weighted by Gasteiger charge is -2.19. The van der Waals surface area contributed by atoms with E-state index in [1.54, 1.807) is 0 Å². The summed E-state index contributed by atoms with van der Waals surface area (Å²) in [6.45, 7) is 4.74. The molecule has 0 aliphatic rings. The minimum atomic E-state index is -5.53. The summed E-state index contributed by atoms with van der Waals surface area (Å²) in [5.74, 6) is -4.92. The van der Waals surface area contributed by atoms with Gasteiger partial charge >= 0.3 is 12.1 Å². The van der Waals surface area contributed by atoms with E-state index in [-0.39, 0.29) is 10.7 Å². The third-order valence-electron chi connectivity index (χ3n) is 1.62. The molecule has 1 atom stereocenters. The fraction of sp³-hybridized carbons (Fsp3) is 0.750. The Morgan fingerprint density at radius 2 is 1.73 bits per heavy atom. The number of rotatable bonds is 5. The van der Waals surface area contributed by atoms with Crippen LogP contribution in [0.2, 0.25) is 0 Å². The van der Waals surface area contributed by atoms with Gasteiger partial charge in [-0.05, 0) is 13.3 Å². The van der Waals surface area contributed by atoms with Gasteiger partial charge in [-0.25, -0.2) is 0 Å². The third kappa shape index (κ3) is 4.72. The van der Waals surface area contributed by atoms with Gasteiger partial charge in [0.25, 0.3) is 0 Å². The Bertz CT molecular complexity index is 258. The third-order valence-corrected chi connectivity index (χ3v) is 3.06. The van der Waals surface area contributed by atoms with Crippen molar-refractivity contribution in [2.24, 2.45) is 0 Å². The van der Waals surface area contributed by atoms with Gasteiger partial charge in [-0.15, -0.1) is 0 Å². The zero-order valence-corrected chi connectivity index (χ0v) is 8.85. The summed E-state index contributed by atoms with van der Waals surface area (Å²) in [4.78, 5) is 0.269. The molecule has 0 saturated heterocycles. The Balaban J connectivity index is 4.07. The van der Waals surface area contributed by atoms with E-state index in [1.807, 2.05) is 0 Å². The van der Waals surface area contributed by atoms with Crippen molar-refractivity contribution in [1.29, 1.82) is 0 Å². The molecule has 0 radical (unpaired) electrons. The van der Waals surface area contributed by atoms with Gasteiger partial charge in [0, 0.05) is 27.9 Å². The molecule has 0 spiro atoms. The number of alkyl halides is 5. The predicted octanol–water partition coefficient (Wildman–Crippen LogP) is 3.25. The van der Waals surface area contributed by atoms with Crippen LogP contribution < -0.4 is 0 Å². The maximum atomic E-state index is 12.3. The highest BCUT2D eigenvalue weighted by Gasteiger charge is 2.56. The van der Waals surface area contributed by atoms with Crippen LogP contribution in [0.15, 0.2) is 11.5 Å². The quantitative estimate of drug-likeness (QED) is 0.684. The second kappa shape index (κ2) is 5.05. The molecule has 0 aromatic rings. The minimum absolute atomic E-state index is 0.221. The summed E-state index contributed by atoms with van der Waals surface area (Å²) in [5.41, 5.74) is 0. The lowest BCUT2D eigenvalue weighted by molar-refractivity contribution is -0.284. The molecule has 0 aromatic heterocycles. The van der Waals surface area contributed by atoms with Crippen LogP contribution in [0.5, 0.6) is 0 Å². The van der Waals surface area contributed by atoms with Crippen LogP contribution in [0.3, 0.4) is 0 Å². The van der Waals surface area contributed by atoms with Gasteiger partial charge in [0.05, 0.1) is 0 Å². The Morgan fingerprint density at radius 1 is 1.27 bits per heavy atom. The van der Waals surface area contributed by atoms with Crippen molar-refractivity contribution in [3.63, 3.8) is 0 Å². The highest BCUT2D eigenvalue weighted by molar-refractivity contribution is 7.88. The molecule has 7 heteroatoms. The van der Waals surface area contributed by atoms with E-state index >= 15 is 0 Å². The monoisotopic (exact) mass is 250 g/mol. The van der Waals surface area contributed by atoms with E-state index in [9.17, 15) is 26.2 Å². The molecule has 0 aliphatic heterocycles. The zero-order valence-electron chi connectivity index (χ0n) is 8.03. The molecule has 0 heterocycles. The molecule has 0 fully saturated rings. The highest BCUT2D eigenvalue weighted by atomic mass is 32.2. The second-order valence-electron chi connectivity index (χ2n) is 3.06. The van der Waals surface area contributed by atoms with E-state index < -0.39 is 35.7 Å². The first-order chi connectivity index (χ1) is 6.58. The minimum Gasteiger partial charge on any atom is -0.255 e. The SMILES string of the molecule is C=C(C)S(=O)CCCC(F)(F)C(F)(F)F. The Hall–Kier alpha value is -0.460.